The molecule has 0 unspecified atom stereocenters. The van der Waals surface area contributed by atoms with Crippen LogP contribution in [0.15, 0.2) is 0 Å². The molecule has 0 radical (unpaired) electrons. The fourth-order valence-corrected chi connectivity index (χ4v) is 0.628. The van der Waals surface area contributed by atoms with Gasteiger partial charge in [0.15, 0.2) is 0 Å². The Morgan fingerprint density at radius 1 is 1.62 bits per heavy atom. The summed E-state index contributed by atoms with van der Waals surface area (Å²) >= 11 is 4.04. The Bertz CT molecular complexity index is 181. The van der Waals surface area contributed by atoms with Crippen molar-refractivity contribution in [2.45, 2.75) is 0 Å². The van der Waals surface area contributed by atoms with E-state index in [4.69, 9.17) is 0 Å². The van der Waals surface area contributed by atoms with Crippen LogP contribution in [-0.2, 0) is 14.5 Å². The molecule has 0 heterocycles. The molecule has 0 saturated heterocycles. The van der Waals surface area contributed by atoms with Crippen LogP contribution in [0.25, 0.3) is 0 Å². The topological polar surface area (TPSA) is 95.4 Å². The Balaban J connectivity index is 3.95. The van der Waals surface area contributed by atoms with Crippen molar-refractivity contribution in [2.75, 3.05) is 0 Å². The highest BCUT2D eigenvalue weighted by molar-refractivity contribution is 7.87. The van der Waals surface area contributed by atoms with Crippen molar-refractivity contribution in [3.8, 4) is 0 Å². The van der Waals surface area contributed by atoms with E-state index in [0.29, 0.717) is 0 Å². The standard InChI is InChI=1S/CH4N2O3S2/c2-1(7)6-8(3,4)5/h(H2,2,7)(H2,3,4,5). The average molecular weight is 156 g/mol. The summed E-state index contributed by atoms with van der Waals surface area (Å²) < 4.78 is 23.4. The minimum atomic E-state index is -3.99. The number of hydrogen-bond donors (Lipinski definition) is 2. The van der Waals surface area contributed by atoms with Gasteiger partial charge in [0.2, 0.25) is 0 Å². The quantitative estimate of drug-likeness (QED) is 0.448. The number of thiocarbonyl (C=S) groups is 1. The molecule has 0 rings (SSSR count). The summed E-state index contributed by atoms with van der Waals surface area (Å²) in [6.45, 7) is 0. The number of rotatable bonds is 1. The van der Waals surface area contributed by atoms with Crippen molar-refractivity contribution in [1.82, 2.24) is 0 Å². The third-order valence-corrected chi connectivity index (χ3v) is 0.799. The lowest BCUT2D eigenvalue weighted by molar-refractivity contribution is 0.486. The highest BCUT2D eigenvalue weighted by atomic mass is 32.2. The molecule has 0 fully saturated rings. The van der Waals surface area contributed by atoms with Gasteiger partial charge in [-0.2, -0.15) is 13.6 Å². The minimum absolute atomic E-state index is 0.604. The fraction of sp³-hybridized carbons (Fsp3) is 0. The summed E-state index contributed by atoms with van der Waals surface area (Å²) in [5.41, 5.74) is 4.63. The average Bonchev–Trinajstić information content (AvgIpc) is 1.21. The molecule has 0 aliphatic heterocycles. The van der Waals surface area contributed by atoms with Gasteiger partial charge in [-0.05, 0) is 12.2 Å². The molecule has 0 bridgehead atoms. The van der Waals surface area contributed by atoms with Crippen molar-refractivity contribution >= 4 is 27.7 Å². The first-order valence-electron chi connectivity index (χ1n) is 1.43. The first kappa shape index (κ1) is 7.60. The molecule has 0 aromatic rings. The van der Waals surface area contributed by atoms with Crippen LogP contribution in [0.3, 0.4) is 0 Å². The van der Waals surface area contributed by atoms with Gasteiger partial charge in [0, 0.05) is 0 Å². The molecule has 48 valence electrons. The second-order valence-electron chi connectivity index (χ2n) is 0.895. The van der Waals surface area contributed by atoms with E-state index in [9.17, 15) is 8.42 Å². The van der Waals surface area contributed by atoms with Crippen LogP contribution < -0.4 is 10.9 Å². The van der Waals surface area contributed by atoms with Gasteiger partial charge in [-0.25, -0.2) is 0 Å². The first-order valence-corrected chi connectivity index (χ1v) is 3.31. The van der Waals surface area contributed by atoms with Crippen LogP contribution in [0.1, 0.15) is 0 Å². The van der Waals surface area contributed by atoms with Crippen LogP contribution in [0.4, 0.5) is 0 Å². The van der Waals surface area contributed by atoms with Crippen molar-refractivity contribution < 1.29 is 12.6 Å². The summed E-state index contributed by atoms with van der Waals surface area (Å²) in [4.78, 5) is 0. The van der Waals surface area contributed by atoms with Gasteiger partial charge in [-0.1, -0.05) is 0 Å². The molecule has 5 nitrogen and oxygen atoms in total. The first-order chi connectivity index (χ1) is 3.42. The van der Waals surface area contributed by atoms with E-state index in [1.807, 2.05) is 0 Å². The van der Waals surface area contributed by atoms with E-state index in [-0.39, 0.29) is 0 Å². The van der Waals surface area contributed by atoms with Gasteiger partial charge in [0.05, 0.1) is 0 Å². The van der Waals surface area contributed by atoms with Crippen molar-refractivity contribution in [3.63, 3.8) is 0 Å². The van der Waals surface area contributed by atoms with Gasteiger partial charge in [0.1, 0.15) is 0 Å². The summed E-state index contributed by atoms with van der Waals surface area (Å²) in [7, 11) is -3.99. The zero-order chi connectivity index (χ0) is 6.78. The molecule has 0 aromatic heterocycles. The zero-order valence-corrected chi connectivity index (χ0v) is 5.33. The zero-order valence-electron chi connectivity index (χ0n) is 3.70. The highest BCUT2D eigenvalue weighted by Gasteiger charge is 2.01. The van der Waals surface area contributed by atoms with Crippen molar-refractivity contribution in [2.24, 2.45) is 10.9 Å². The Hall–Kier alpha value is -0.400. The van der Waals surface area contributed by atoms with E-state index in [0.717, 1.165) is 0 Å². The van der Waals surface area contributed by atoms with E-state index in [1.54, 1.807) is 0 Å². The Morgan fingerprint density at radius 3 is 2.00 bits per heavy atom. The van der Waals surface area contributed by atoms with Crippen molar-refractivity contribution in [1.29, 1.82) is 0 Å². The molecular formula is CH4N2O3S2. The third kappa shape index (κ3) is 5.60. The summed E-state index contributed by atoms with van der Waals surface area (Å²) in [6.07, 6.45) is 0. The maximum Gasteiger partial charge on any atom is 0.382 e. The molecule has 8 heavy (non-hydrogen) atoms. The lowest BCUT2D eigenvalue weighted by Gasteiger charge is -1.94. The monoisotopic (exact) mass is 156 g/mol. The maximum absolute atomic E-state index is 9.83. The Morgan fingerprint density at radius 2 is 2.00 bits per heavy atom. The Labute approximate surface area is 51.9 Å². The largest absolute Gasteiger partial charge is 0.382 e. The highest BCUT2D eigenvalue weighted by Crippen LogP contribution is 1.78. The molecular weight excluding hydrogens is 152 g/mol. The van der Waals surface area contributed by atoms with E-state index in [2.05, 4.69) is 27.3 Å². The molecule has 0 atom stereocenters. The smallest absolute Gasteiger partial charge is 0.359 e. The molecule has 7 heteroatoms. The minimum Gasteiger partial charge on any atom is -0.359 e. The predicted molar refractivity (Wildman–Crippen MR) is 31.0 cm³/mol. The second kappa shape index (κ2) is 2.25. The van der Waals surface area contributed by atoms with Crippen LogP contribution in [0.2, 0.25) is 0 Å². The van der Waals surface area contributed by atoms with Crippen LogP contribution in [-0.4, -0.2) is 13.6 Å². The summed E-state index contributed by atoms with van der Waals surface area (Å²) in [6, 6.07) is 0. The Kier molecular flexibility index (Phi) is 2.13. The summed E-state index contributed by atoms with van der Waals surface area (Å²) in [5, 5.41) is 3.71. The van der Waals surface area contributed by atoms with E-state index >= 15 is 0 Å². The molecule has 0 amide bonds. The van der Waals surface area contributed by atoms with Gasteiger partial charge in [-0.15, -0.1) is 0 Å². The van der Waals surface area contributed by atoms with Crippen LogP contribution in [0, 0.1) is 0 Å². The summed E-state index contributed by atoms with van der Waals surface area (Å²) in [5.74, 6) is 0. The fourth-order valence-electron chi connectivity index (χ4n) is 0.114. The maximum atomic E-state index is 9.83. The second-order valence-corrected chi connectivity index (χ2v) is 2.45. The number of hydrogen-bond acceptors (Lipinski definition) is 4. The van der Waals surface area contributed by atoms with Gasteiger partial charge in [0.25, 0.3) is 5.17 Å². The van der Waals surface area contributed by atoms with Crippen molar-refractivity contribution in [3.05, 3.63) is 0 Å². The molecule has 0 spiro atoms. The van der Waals surface area contributed by atoms with Gasteiger partial charge in [-0.3, -0.25) is 0 Å². The van der Waals surface area contributed by atoms with E-state index < -0.39 is 15.5 Å². The third-order valence-electron chi connectivity index (χ3n) is 0.198. The van der Waals surface area contributed by atoms with Gasteiger partial charge >= 0.3 is 10.3 Å². The molecule has 0 aromatic carbocycles. The lowest BCUT2D eigenvalue weighted by atomic mass is 11.4. The molecule has 0 aliphatic rings. The predicted octanol–water partition coefficient (Wildman–Crippen LogP) is -1.55. The SMILES string of the molecule is NC(=S)OS(N)(=O)=O. The van der Waals surface area contributed by atoms with Crippen LogP contribution in [0.5, 0.6) is 0 Å². The van der Waals surface area contributed by atoms with Gasteiger partial charge < -0.3 is 9.92 Å². The van der Waals surface area contributed by atoms with Crippen LogP contribution >= 0.6 is 12.2 Å². The molecule has 4 N–H and O–H groups in total. The molecule has 0 aliphatic carbocycles. The number of nitrogens with two attached hydrogens (primary N) is 2. The molecule has 0 saturated carbocycles. The van der Waals surface area contributed by atoms with E-state index in [1.165, 1.54) is 0 Å². The normalized spacial score (nSPS) is 10.6. The lowest BCUT2D eigenvalue weighted by Crippen LogP contribution is -2.23.